The third-order valence-electron chi connectivity index (χ3n) is 7.01. The number of carbonyl (C=O) groups is 1. The fourth-order valence-electron chi connectivity index (χ4n) is 5.37. The summed E-state index contributed by atoms with van der Waals surface area (Å²) < 4.78 is 21.6. The molecular weight excluding hydrogens is 439 g/mol. The number of aliphatic hydroxyl groups is 1. The van der Waals surface area contributed by atoms with Crippen molar-refractivity contribution in [3.63, 3.8) is 0 Å². The Morgan fingerprint density at radius 3 is 2.94 bits per heavy atom. The Bertz CT molecular complexity index is 1170. The maximum absolute atomic E-state index is 14.7. The number of para-hydroxylation sites is 1. The predicted octanol–water partition coefficient (Wildman–Crippen LogP) is 2.52. The van der Waals surface area contributed by atoms with Crippen LogP contribution in [0.15, 0.2) is 22.7 Å². The maximum Gasteiger partial charge on any atom is 0.291 e. The van der Waals surface area contributed by atoms with Gasteiger partial charge in [0.2, 0.25) is 11.8 Å². The van der Waals surface area contributed by atoms with E-state index < -0.39 is 6.61 Å². The first-order valence-corrected chi connectivity index (χ1v) is 12.1. The quantitative estimate of drug-likeness (QED) is 0.566. The van der Waals surface area contributed by atoms with Gasteiger partial charge in [0.15, 0.2) is 0 Å². The first kappa shape index (κ1) is 22.9. The highest BCUT2D eigenvalue weighted by Crippen LogP contribution is 2.29. The van der Waals surface area contributed by atoms with Gasteiger partial charge >= 0.3 is 0 Å². The molecule has 182 valence electrons. The molecule has 2 aliphatic rings. The van der Waals surface area contributed by atoms with Crippen molar-refractivity contribution in [2.45, 2.75) is 51.5 Å². The fraction of sp³-hybridized carbons (Fsp3) is 0.583. The lowest BCUT2D eigenvalue weighted by atomic mass is 10.1. The summed E-state index contributed by atoms with van der Waals surface area (Å²) in [5, 5.41) is 18.7. The van der Waals surface area contributed by atoms with E-state index in [4.69, 9.17) is 4.52 Å². The van der Waals surface area contributed by atoms with Gasteiger partial charge in [0.05, 0.1) is 5.69 Å². The van der Waals surface area contributed by atoms with Gasteiger partial charge in [0, 0.05) is 37.5 Å². The van der Waals surface area contributed by atoms with Crippen LogP contribution in [0.25, 0.3) is 16.9 Å². The molecule has 0 bridgehead atoms. The number of nitrogens with zero attached hydrogens (tertiary/aromatic N) is 6. The number of aliphatic hydroxyl groups excluding tert-OH is 1. The lowest BCUT2D eigenvalue weighted by Gasteiger charge is -2.28. The summed E-state index contributed by atoms with van der Waals surface area (Å²) >= 11 is 0. The van der Waals surface area contributed by atoms with Crippen LogP contribution in [-0.2, 0) is 11.2 Å². The van der Waals surface area contributed by atoms with Gasteiger partial charge in [-0.3, -0.25) is 4.79 Å². The van der Waals surface area contributed by atoms with E-state index in [2.05, 4.69) is 20.1 Å². The molecule has 2 fully saturated rings. The summed E-state index contributed by atoms with van der Waals surface area (Å²) in [5.41, 5.74) is 1.16. The normalized spacial score (nSPS) is 21.4. The molecule has 1 N–H and O–H groups in total. The predicted molar refractivity (Wildman–Crippen MR) is 123 cm³/mol. The molecule has 2 aromatic heterocycles. The summed E-state index contributed by atoms with van der Waals surface area (Å²) in [4.78, 5) is 20.7. The third-order valence-corrected chi connectivity index (χ3v) is 7.01. The van der Waals surface area contributed by atoms with Crippen molar-refractivity contribution in [3.8, 4) is 5.95 Å². The van der Waals surface area contributed by atoms with E-state index in [1.807, 2.05) is 24.8 Å². The van der Waals surface area contributed by atoms with Gasteiger partial charge in [-0.2, -0.15) is 14.8 Å². The molecule has 4 heterocycles. The van der Waals surface area contributed by atoms with E-state index in [0.29, 0.717) is 23.7 Å². The second-order valence-corrected chi connectivity index (χ2v) is 9.74. The zero-order valence-corrected chi connectivity index (χ0v) is 19.7. The molecule has 0 aliphatic carbocycles. The van der Waals surface area contributed by atoms with Gasteiger partial charge in [-0.05, 0) is 48.9 Å². The second-order valence-electron chi connectivity index (χ2n) is 9.74. The number of amides is 1. The van der Waals surface area contributed by atoms with Gasteiger partial charge in [-0.15, -0.1) is 0 Å². The van der Waals surface area contributed by atoms with Gasteiger partial charge in [-0.1, -0.05) is 26.0 Å². The molecule has 0 spiro atoms. The molecule has 34 heavy (non-hydrogen) atoms. The van der Waals surface area contributed by atoms with E-state index in [1.165, 1.54) is 10.7 Å². The van der Waals surface area contributed by atoms with Crippen molar-refractivity contribution < 1.29 is 18.8 Å². The molecule has 0 saturated carbocycles. The minimum Gasteiger partial charge on any atom is -0.387 e. The Labute approximate surface area is 197 Å². The van der Waals surface area contributed by atoms with Crippen LogP contribution in [0.3, 0.4) is 0 Å². The van der Waals surface area contributed by atoms with Crippen LogP contribution in [0.1, 0.15) is 50.6 Å². The first-order chi connectivity index (χ1) is 16.4. The van der Waals surface area contributed by atoms with Gasteiger partial charge < -0.3 is 19.4 Å². The average molecular weight is 471 g/mol. The SMILES string of the molecule is CC(C)c1nn(-c2noc(C[C@@H]3CCN(C[C@H]4CCCN4C(=O)CO)C3)n2)c2c(F)cccc12. The van der Waals surface area contributed by atoms with E-state index in [0.717, 1.165) is 56.5 Å². The highest BCUT2D eigenvalue weighted by Gasteiger charge is 2.33. The van der Waals surface area contributed by atoms with Crippen molar-refractivity contribution in [2.75, 3.05) is 32.8 Å². The lowest BCUT2D eigenvalue weighted by Crippen LogP contribution is -2.43. The van der Waals surface area contributed by atoms with Crippen LogP contribution in [0.5, 0.6) is 0 Å². The zero-order chi connectivity index (χ0) is 23.8. The smallest absolute Gasteiger partial charge is 0.291 e. The molecule has 1 aromatic carbocycles. The molecule has 2 saturated heterocycles. The summed E-state index contributed by atoms with van der Waals surface area (Å²) in [7, 11) is 0. The number of fused-ring (bicyclic) bond motifs is 1. The Hall–Kier alpha value is -2.85. The molecular formula is C24H31FN6O3. The molecule has 0 unspecified atom stereocenters. The topological polar surface area (TPSA) is 101 Å². The highest BCUT2D eigenvalue weighted by atomic mass is 19.1. The first-order valence-electron chi connectivity index (χ1n) is 12.1. The summed E-state index contributed by atoms with van der Waals surface area (Å²) in [6.07, 6.45) is 3.62. The number of hydrogen-bond donors (Lipinski definition) is 1. The Morgan fingerprint density at radius 1 is 1.29 bits per heavy atom. The average Bonchev–Trinajstić information content (AvgIpc) is 3.60. The van der Waals surface area contributed by atoms with Crippen molar-refractivity contribution in [2.24, 2.45) is 5.92 Å². The molecule has 10 heteroatoms. The van der Waals surface area contributed by atoms with Gasteiger partial charge in [0.25, 0.3) is 5.95 Å². The molecule has 5 rings (SSSR count). The summed E-state index contributed by atoms with van der Waals surface area (Å²) in [5.74, 6) is 0.718. The monoisotopic (exact) mass is 470 g/mol. The van der Waals surface area contributed by atoms with E-state index in [9.17, 15) is 14.3 Å². The standard InChI is InChI=1S/C24H31FN6O3/c1-15(2)22-18-6-3-7-19(25)23(18)31(27-22)24-26-20(34-28-24)11-16-8-10-29(12-16)13-17-5-4-9-30(17)21(33)14-32/h3,6-7,15-17,32H,4-5,8-14H2,1-2H3/t16-,17+/m0/s1. The Morgan fingerprint density at radius 2 is 2.15 bits per heavy atom. The largest absolute Gasteiger partial charge is 0.387 e. The van der Waals surface area contributed by atoms with Crippen LogP contribution in [-0.4, -0.2) is 79.6 Å². The third kappa shape index (κ3) is 4.32. The number of benzene rings is 1. The zero-order valence-electron chi connectivity index (χ0n) is 19.7. The number of rotatable bonds is 7. The minimum absolute atomic E-state index is 0.129. The fourth-order valence-corrected chi connectivity index (χ4v) is 5.37. The summed E-state index contributed by atoms with van der Waals surface area (Å²) in [6.45, 7) is 7.03. The van der Waals surface area contributed by atoms with E-state index in [1.54, 1.807) is 6.07 Å². The summed E-state index contributed by atoms with van der Waals surface area (Å²) in [6, 6.07) is 5.14. The Kier molecular flexibility index (Phi) is 6.35. The van der Waals surface area contributed by atoms with Crippen LogP contribution < -0.4 is 0 Å². The van der Waals surface area contributed by atoms with E-state index >= 15 is 0 Å². The van der Waals surface area contributed by atoms with Crippen molar-refractivity contribution >= 4 is 16.8 Å². The van der Waals surface area contributed by atoms with E-state index in [-0.39, 0.29) is 29.6 Å². The highest BCUT2D eigenvalue weighted by molar-refractivity contribution is 5.84. The number of carbonyl (C=O) groups excluding carboxylic acids is 1. The molecule has 9 nitrogen and oxygen atoms in total. The molecule has 3 aromatic rings. The van der Waals surface area contributed by atoms with Crippen LogP contribution in [0, 0.1) is 11.7 Å². The number of halogens is 1. The second kappa shape index (κ2) is 9.42. The van der Waals surface area contributed by atoms with Crippen molar-refractivity contribution in [1.29, 1.82) is 0 Å². The molecule has 0 radical (unpaired) electrons. The molecule has 2 atom stereocenters. The number of likely N-dealkylation sites (tertiary alicyclic amines) is 2. The van der Waals surface area contributed by atoms with Gasteiger partial charge in [0.1, 0.15) is 17.9 Å². The molecule has 1 amide bonds. The van der Waals surface area contributed by atoms with Crippen LogP contribution in [0.4, 0.5) is 4.39 Å². The maximum atomic E-state index is 14.7. The van der Waals surface area contributed by atoms with Gasteiger partial charge in [-0.25, -0.2) is 4.39 Å². The van der Waals surface area contributed by atoms with Crippen LogP contribution in [0.2, 0.25) is 0 Å². The number of aromatic nitrogens is 4. The van der Waals surface area contributed by atoms with Crippen LogP contribution >= 0.6 is 0 Å². The lowest BCUT2D eigenvalue weighted by molar-refractivity contribution is -0.135. The molecule has 2 aliphatic heterocycles. The Balaban J connectivity index is 1.26. The minimum atomic E-state index is -0.424. The van der Waals surface area contributed by atoms with Crippen molar-refractivity contribution in [3.05, 3.63) is 35.6 Å². The van der Waals surface area contributed by atoms with Crippen molar-refractivity contribution in [1.82, 2.24) is 29.7 Å². The number of hydrogen-bond acceptors (Lipinski definition) is 7.